The first-order valence-electron chi connectivity index (χ1n) is 6.03. The standard InChI is InChI=1S/C12H21N3O2/c1-4-6-7-13-10-8-12(17-5-2)15-11(14-10)9-16-3/h8H,4-7,9H2,1-3H3,(H,13,14,15). The number of nitrogens with zero attached hydrogens (tertiary/aromatic N) is 2. The van der Waals surface area contributed by atoms with Gasteiger partial charge in [-0.05, 0) is 13.3 Å². The van der Waals surface area contributed by atoms with Gasteiger partial charge in [0, 0.05) is 19.7 Å². The van der Waals surface area contributed by atoms with Crippen LogP contribution in [0.2, 0.25) is 0 Å². The molecule has 0 bridgehead atoms. The second-order valence-electron chi connectivity index (χ2n) is 3.65. The van der Waals surface area contributed by atoms with Gasteiger partial charge in [0.15, 0.2) is 5.82 Å². The molecule has 0 aliphatic heterocycles. The summed E-state index contributed by atoms with van der Waals surface area (Å²) >= 11 is 0. The van der Waals surface area contributed by atoms with E-state index in [1.807, 2.05) is 13.0 Å². The van der Waals surface area contributed by atoms with Crippen LogP contribution in [0.1, 0.15) is 32.5 Å². The van der Waals surface area contributed by atoms with E-state index < -0.39 is 0 Å². The third-order valence-electron chi connectivity index (χ3n) is 2.15. The van der Waals surface area contributed by atoms with Crippen LogP contribution in [0.25, 0.3) is 0 Å². The van der Waals surface area contributed by atoms with Crippen molar-refractivity contribution in [3.05, 3.63) is 11.9 Å². The van der Waals surface area contributed by atoms with Crippen LogP contribution in [0.3, 0.4) is 0 Å². The molecule has 17 heavy (non-hydrogen) atoms. The molecule has 1 aromatic heterocycles. The van der Waals surface area contributed by atoms with Crippen LogP contribution in [0.15, 0.2) is 6.07 Å². The molecule has 0 fully saturated rings. The summed E-state index contributed by atoms with van der Waals surface area (Å²) in [5.74, 6) is 2.02. The van der Waals surface area contributed by atoms with Crippen molar-refractivity contribution in [1.82, 2.24) is 9.97 Å². The minimum absolute atomic E-state index is 0.392. The van der Waals surface area contributed by atoms with E-state index in [-0.39, 0.29) is 0 Å². The van der Waals surface area contributed by atoms with Gasteiger partial charge in [0.1, 0.15) is 12.4 Å². The molecule has 0 aliphatic rings. The van der Waals surface area contributed by atoms with Crippen LogP contribution in [0.4, 0.5) is 5.82 Å². The molecule has 1 rings (SSSR count). The molecule has 0 saturated carbocycles. The van der Waals surface area contributed by atoms with Crippen LogP contribution in [0.5, 0.6) is 5.88 Å². The SMILES string of the molecule is CCCCNc1cc(OCC)nc(COC)n1. The molecule has 1 N–H and O–H groups in total. The number of hydrogen-bond donors (Lipinski definition) is 1. The highest BCUT2D eigenvalue weighted by Gasteiger charge is 2.04. The number of unbranched alkanes of at least 4 members (excludes halogenated alkanes) is 1. The second-order valence-corrected chi connectivity index (χ2v) is 3.65. The molecule has 1 heterocycles. The van der Waals surface area contributed by atoms with Gasteiger partial charge in [-0.15, -0.1) is 0 Å². The van der Waals surface area contributed by atoms with Crippen molar-refractivity contribution < 1.29 is 9.47 Å². The second kappa shape index (κ2) is 7.84. The number of rotatable bonds is 8. The summed E-state index contributed by atoms with van der Waals surface area (Å²) in [7, 11) is 1.63. The van der Waals surface area contributed by atoms with Crippen LogP contribution in [0, 0.1) is 0 Å². The Morgan fingerprint density at radius 3 is 2.76 bits per heavy atom. The Morgan fingerprint density at radius 1 is 1.29 bits per heavy atom. The molecular formula is C12H21N3O2. The first-order valence-corrected chi connectivity index (χ1v) is 6.03. The predicted molar refractivity (Wildman–Crippen MR) is 67.3 cm³/mol. The summed E-state index contributed by atoms with van der Waals surface area (Å²) in [5.41, 5.74) is 0. The fourth-order valence-electron chi connectivity index (χ4n) is 1.37. The molecule has 0 saturated heterocycles. The number of methoxy groups -OCH3 is 1. The summed E-state index contributed by atoms with van der Waals surface area (Å²) in [4.78, 5) is 8.59. The topological polar surface area (TPSA) is 56.3 Å². The lowest BCUT2D eigenvalue weighted by Gasteiger charge is -2.09. The highest BCUT2D eigenvalue weighted by Crippen LogP contribution is 2.14. The monoisotopic (exact) mass is 239 g/mol. The summed E-state index contributed by atoms with van der Waals surface area (Å²) in [6, 6.07) is 1.82. The molecule has 0 spiro atoms. The van der Waals surface area contributed by atoms with Crippen LogP contribution < -0.4 is 10.1 Å². The molecule has 0 unspecified atom stereocenters. The van der Waals surface area contributed by atoms with Gasteiger partial charge in [0.05, 0.1) is 6.61 Å². The van der Waals surface area contributed by atoms with Crippen molar-refractivity contribution >= 4 is 5.82 Å². The fourth-order valence-corrected chi connectivity index (χ4v) is 1.37. The molecule has 5 nitrogen and oxygen atoms in total. The van der Waals surface area contributed by atoms with Crippen molar-refractivity contribution in [3.8, 4) is 5.88 Å². The van der Waals surface area contributed by atoms with Gasteiger partial charge in [-0.1, -0.05) is 13.3 Å². The molecule has 0 radical (unpaired) electrons. The Bertz CT molecular complexity index is 307. The number of hydrogen-bond acceptors (Lipinski definition) is 5. The van der Waals surface area contributed by atoms with E-state index in [0.29, 0.717) is 24.9 Å². The van der Waals surface area contributed by atoms with E-state index in [1.165, 1.54) is 0 Å². The lowest BCUT2D eigenvalue weighted by Crippen LogP contribution is -2.08. The Morgan fingerprint density at radius 2 is 2.12 bits per heavy atom. The lowest BCUT2D eigenvalue weighted by molar-refractivity contribution is 0.176. The molecule has 0 aromatic carbocycles. The third-order valence-corrected chi connectivity index (χ3v) is 2.15. The van der Waals surface area contributed by atoms with E-state index in [1.54, 1.807) is 7.11 Å². The molecule has 96 valence electrons. The van der Waals surface area contributed by atoms with Gasteiger partial charge in [0.25, 0.3) is 0 Å². The van der Waals surface area contributed by atoms with Crippen molar-refractivity contribution in [2.45, 2.75) is 33.3 Å². The zero-order chi connectivity index (χ0) is 12.5. The highest BCUT2D eigenvalue weighted by molar-refractivity contribution is 5.38. The van der Waals surface area contributed by atoms with Crippen LogP contribution in [-0.2, 0) is 11.3 Å². The largest absolute Gasteiger partial charge is 0.478 e. The first kappa shape index (κ1) is 13.7. The molecule has 0 amide bonds. The van der Waals surface area contributed by atoms with Crippen LogP contribution in [-0.4, -0.2) is 30.2 Å². The van der Waals surface area contributed by atoms with E-state index in [2.05, 4.69) is 22.2 Å². The number of nitrogens with one attached hydrogen (secondary N) is 1. The molecule has 0 aliphatic carbocycles. The number of ether oxygens (including phenoxy) is 2. The zero-order valence-corrected chi connectivity index (χ0v) is 10.8. The third kappa shape index (κ3) is 4.99. The van der Waals surface area contributed by atoms with Gasteiger partial charge < -0.3 is 14.8 Å². The van der Waals surface area contributed by atoms with Crippen molar-refractivity contribution in [2.75, 3.05) is 25.6 Å². The van der Waals surface area contributed by atoms with E-state index >= 15 is 0 Å². The smallest absolute Gasteiger partial charge is 0.218 e. The molecule has 0 atom stereocenters. The summed E-state index contributed by atoms with van der Waals surface area (Å²) in [5, 5.41) is 3.26. The van der Waals surface area contributed by atoms with Gasteiger partial charge in [-0.2, -0.15) is 4.98 Å². The summed E-state index contributed by atoms with van der Waals surface area (Å²) in [6.45, 7) is 5.98. The maximum atomic E-state index is 5.39. The Balaban J connectivity index is 2.72. The van der Waals surface area contributed by atoms with Gasteiger partial charge in [-0.25, -0.2) is 4.98 Å². The normalized spacial score (nSPS) is 10.3. The Hall–Kier alpha value is -1.36. The summed E-state index contributed by atoms with van der Waals surface area (Å²) < 4.78 is 10.4. The molecule has 5 heteroatoms. The van der Waals surface area contributed by atoms with E-state index in [9.17, 15) is 0 Å². The average molecular weight is 239 g/mol. The first-order chi connectivity index (χ1) is 8.30. The lowest BCUT2D eigenvalue weighted by atomic mass is 10.3. The van der Waals surface area contributed by atoms with Crippen LogP contribution >= 0.6 is 0 Å². The predicted octanol–water partition coefficient (Wildman–Crippen LogP) is 2.23. The maximum absolute atomic E-state index is 5.39. The zero-order valence-electron chi connectivity index (χ0n) is 10.8. The van der Waals surface area contributed by atoms with Gasteiger partial charge >= 0.3 is 0 Å². The highest BCUT2D eigenvalue weighted by atomic mass is 16.5. The van der Waals surface area contributed by atoms with Crippen molar-refractivity contribution in [1.29, 1.82) is 0 Å². The van der Waals surface area contributed by atoms with Crippen molar-refractivity contribution in [2.24, 2.45) is 0 Å². The number of anilines is 1. The van der Waals surface area contributed by atoms with Gasteiger partial charge in [-0.3, -0.25) is 0 Å². The quantitative estimate of drug-likeness (QED) is 0.705. The number of aromatic nitrogens is 2. The van der Waals surface area contributed by atoms with Crippen molar-refractivity contribution in [3.63, 3.8) is 0 Å². The average Bonchev–Trinajstić information content (AvgIpc) is 2.30. The molecule has 1 aromatic rings. The summed E-state index contributed by atoms with van der Waals surface area (Å²) in [6.07, 6.45) is 2.27. The van der Waals surface area contributed by atoms with Gasteiger partial charge in [0.2, 0.25) is 5.88 Å². The maximum Gasteiger partial charge on any atom is 0.218 e. The fraction of sp³-hybridized carbons (Fsp3) is 0.667. The van der Waals surface area contributed by atoms with E-state index in [0.717, 1.165) is 25.2 Å². The Labute approximate surface area is 103 Å². The minimum Gasteiger partial charge on any atom is -0.478 e. The van der Waals surface area contributed by atoms with E-state index in [4.69, 9.17) is 9.47 Å². The minimum atomic E-state index is 0.392. The molecular weight excluding hydrogens is 218 g/mol. The Kier molecular flexibility index (Phi) is 6.32.